The van der Waals surface area contributed by atoms with Gasteiger partial charge in [0.2, 0.25) is 0 Å². The van der Waals surface area contributed by atoms with E-state index in [0.29, 0.717) is 18.6 Å². The highest BCUT2D eigenvalue weighted by atomic mass is 32.2. The summed E-state index contributed by atoms with van der Waals surface area (Å²) in [5.74, 6) is 1.65. The normalized spacial score (nSPS) is 24.5. The number of carbonyl (C=O) groups excluding carboxylic acids is 1. The quantitative estimate of drug-likeness (QED) is 0.263. The summed E-state index contributed by atoms with van der Waals surface area (Å²) in [6.07, 6.45) is 5.54. The highest BCUT2D eigenvalue weighted by molar-refractivity contribution is 7.85. The van der Waals surface area contributed by atoms with Gasteiger partial charge in [0.25, 0.3) is 0 Å². The molecule has 3 atom stereocenters. The number of piperidine rings is 1. The number of quaternary nitrogens is 1. The SMILES string of the molecule is CC1(C)[C@@H]2CC[C@@]1(CS(=O)(=O)[O-])C(=O)C2.CC1=C(c2ccc(O)cc2)[C@H](c2ccc(OCC[NH+]3CCCCC3)cc2)Oc2cc(O)ccc21. The summed E-state index contributed by atoms with van der Waals surface area (Å²) in [7, 11) is -4.33. The molecule has 10 heteroatoms. The number of phenolic OH excluding ortho intramolecular Hbond substituents is 2. The number of fused-ring (bicyclic) bond motifs is 3. The Kier molecular flexibility index (Phi) is 9.86. The van der Waals surface area contributed by atoms with E-state index in [4.69, 9.17) is 9.47 Å². The fourth-order valence-corrected chi connectivity index (χ4v) is 9.73. The number of aromatic hydroxyl groups is 2. The van der Waals surface area contributed by atoms with E-state index in [1.807, 2.05) is 44.2 Å². The molecule has 3 N–H and O–H groups in total. The second-order valence-corrected chi connectivity index (χ2v) is 16.0. The fourth-order valence-electron chi connectivity index (χ4n) is 8.45. The van der Waals surface area contributed by atoms with Crippen LogP contribution in [0.4, 0.5) is 0 Å². The molecule has 0 amide bonds. The molecule has 3 aromatic carbocycles. The molecule has 7 rings (SSSR count). The van der Waals surface area contributed by atoms with E-state index in [1.165, 1.54) is 32.4 Å². The third-order valence-electron chi connectivity index (χ3n) is 11.5. The van der Waals surface area contributed by atoms with Crippen LogP contribution in [0.2, 0.25) is 0 Å². The van der Waals surface area contributed by atoms with E-state index >= 15 is 0 Å². The molecule has 3 aromatic rings. The molecule has 2 aliphatic heterocycles. The number of likely N-dealkylation sites (tertiary alicyclic amines) is 1. The van der Waals surface area contributed by atoms with Crippen molar-refractivity contribution in [2.45, 2.75) is 65.4 Å². The molecule has 0 radical (unpaired) electrons. The highest BCUT2D eigenvalue weighted by Gasteiger charge is 2.64. The third-order valence-corrected chi connectivity index (χ3v) is 12.3. The molecule has 9 nitrogen and oxygen atoms in total. The zero-order valence-corrected chi connectivity index (χ0v) is 29.4. The molecule has 2 aliphatic carbocycles. The summed E-state index contributed by atoms with van der Waals surface area (Å²) >= 11 is 0. The van der Waals surface area contributed by atoms with Crippen molar-refractivity contribution in [3.8, 4) is 23.0 Å². The van der Waals surface area contributed by atoms with Crippen molar-refractivity contribution in [1.82, 2.24) is 0 Å². The molecule has 2 heterocycles. The Bertz CT molecular complexity index is 1810. The van der Waals surface area contributed by atoms with Crippen molar-refractivity contribution >= 4 is 27.0 Å². The molecular weight excluding hydrogens is 642 g/mol. The summed E-state index contributed by atoms with van der Waals surface area (Å²) in [6, 6.07) is 20.6. The zero-order chi connectivity index (χ0) is 35.0. The van der Waals surface area contributed by atoms with Gasteiger partial charge in [0.15, 0.2) is 0 Å². The lowest BCUT2D eigenvalue weighted by Crippen LogP contribution is -3.13. The average molecular weight is 690 g/mol. The second-order valence-electron chi connectivity index (χ2n) is 14.6. The lowest BCUT2D eigenvalue weighted by Gasteiger charge is -2.37. The molecule has 1 saturated heterocycles. The van der Waals surface area contributed by atoms with Crippen LogP contribution in [-0.4, -0.2) is 61.0 Å². The van der Waals surface area contributed by atoms with E-state index in [1.54, 1.807) is 29.2 Å². The van der Waals surface area contributed by atoms with Crippen LogP contribution in [0.15, 0.2) is 66.7 Å². The zero-order valence-electron chi connectivity index (χ0n) is 28.5. The molecule has 2 saturated carbocycles. The van der Waals surface area contributed by atoms with Crippen molar-refractivity contribution in [2.24, 2.45) is 16.7 Å². The van der Waals surface area contributed by atoms with Crippen LogP contribution in [0.1, 0.15) is 82.1 Å². The molecular formula is C39H47NO8S. The average Bonchev–Trinajstić information content (AvgIpc) is 3.40. The number of phenols is 2. The van der Waals surface area contributed by atoms with Crippen molar-refractivity contribution in [1.29, 1.82) is 0 Å². The number of rotatable bonds is 8. The topological polar surface area (TPSA) is 138 Å². The van der Waals surface area contributed by atoms with Gasteiger partial charge in [-0.25, -0.2) is 8.42 Å². The molecule has 262 valence electrons. The maximum absolute atomic E-state index is 11.8. The summed E-state index contributed by atoms with van der Waals surface area (Å²) in [4.78, 5) is 13.5. The van der Waals surface area contributed by atoms with Gasteiger partial charge in [0, 0.05) is 29.0 Å². The maximum atomic E-state index is 11.8. The molecule has 49 heavy (non-hydrogen) atoms. The maximum Gasteiger partial charge on any atom is 0.150 e. The van der Waals surface area contributed by atoms with Gasteiger partial charge in [-0.15, -0.1) is 0 Å². The van der Waals surface area contributed by atoms with Gasteiger partial charge < -0.3 is 29.1 Å². The van der Waals surface area contributed by atoms with E-state index in [9.17, 15) is 28.0 Å². The number of hydrogen-bond acceptors (Lipinski definition) is 8. The first-order valence-corrected chi connectivity index (χ1v) is 18.9. The summed E-state index contributed by atoms with van der Waals surface area (Å²) in [6.45, 7) is 10.2. The predicted octanol–water partition coefficient (Wildman–Crippen LogP) is 5.54. The van der Waals surface area contributed by atoms with Gasteiger partial charge in [0.1, 0.15) is 48.0 Å². The minimum absolute atomic E-state index is 0.0248. The van der Waals surface area contributed by atoms with Gasteiger partial charge in [0.05, 0.1) is 29.0 Å². The molecule has 0 unspecified atom stereocenters. The smallest absolute Gasteiger partial charge is 0.150 e. The van der Waals surface area contributed by atoms with E-state index in [0.717, 1.165) is 53.2 Å². The first-order valence-electron chi connectivity index (χ1n) is 17.3. The van der Waals surface area contributed by atoms with Crippen molar-refractivity contribution in [2.75, 3.05) is 32.0 Å². The third kappa shape index (κ3) is 7.23. The monoisotopic (exact) mass is 689 g/mol. The van der Waals surface area contributed by atoms with E-state index < -0.39 is 21.3 Å². The van der Waals surface area contributed by atoms with E-state index in [2.05, 4.69) is 19.1 Å². The van der Waals surface area contributed by atoms with Crippen molar-refractivity contribution in [3.05, 3.63) is 83.4 Å². The minimum atomic E-state index is -4.33. The molecule has 3 fully saturated rings. The van der Waals surface area contributed by atoms with Crippen molar-refractivity contribution in [3.63, 3.8) is 0 Å². The lowest BCUT2D eigenvalue weighted by molar-refractivity contribution is -0.904. The Morgan fingerprint density at radius 2 is 1.63 bits per heavy atom. The van der Waals surface area contributed by atoms with Gasteiger partial charge in [-0.2, -0.15) is 0 Å². The first kappa shape index (κ1) is 35.0. The Morgan fingerprint density at radius 1 is 0.959 bits per heavy atom. The number of allylic oxidation sites excluding steroid dienone is 1. The highest BCUT2D eigenvalue weighted by Crippen LogP contribution is 2.64. The van der Waals surface area contributed by atoms with Crippen LogP contribution >= 0.6 is 0 Å². The van der Waals surface area contributed by atoms with Crippen LogP contribution in [-0.2, 0) is 14.9 Å². The Morgan fingerprint density at radius 3 is 2.24 bits per heavy atom. The van der Waals surface area contributed by atoms with Gasteiger partial charge >= 0.3 is 0 Å². The van der Waals surface area contributed by atoms with Gasteiger partial charge in [-0.1, -0.05) is 38.1 Å². The second kappa shape index (κ2) is 13.8. The number of ketones is 1. The summed E-state index contributed by atoms with van der Waals surface area (Å²) in [5, 5.41) is 19.8. The fraction of sp³-hybridized carbons (Fsp3) is 0.462. The number of benzene rings is 3. The van der Waals surface area contributed by atoms with Crippen LogP contribution in [0.25, 0.3) is 11.1 Å². The summed E-state index contributed by atoms with van der Waals surface area (Å²) in [5.41, 5.74) is 3.86. The molecule has 2 bridgehead atoms. The van der Waals surface area contributed by atoms with Gasteiger partial charge in [-0.05, 0) is 103 Å². The number of nitrogens with one attached hydrogen (secondary N) is 1. The number of hydrogen-bond donors (Lipinski definition) is 3. The Hall–Kier alpha value is -3.86. The van der Waals surface area contributed by atoms with Crippen LogP contribution in [0, 0.1) is 16.7 Å². The number of ether oxygens (including phenoxy) is 2. The number of Topliss-reactive ketones (excluding diaryl/α,β-unsaturated/α-hetero) is 1. The Labute approximate surface area is 289 Å². The van der Waals surface area contributed by atoms with Crippen LogP contribution in [0.5, 0.6) is 23.0 Å². The van der Waals surface area contributed by atoms with Crippen LogP contribution in [0.3, 0.4) is 0 Å². The number of carbonyl (C=O) groups is 1. The Balaban J connectivity index is 0.000000232. The standard InChI is InChI=1S/C29H31NO4.C10H16O4S/c1-20-26-14-11-24(32)19-27(26)34-29(28(20)21-5-9-23(31)10-6-21)22-7-12-25(13-8-22)33-18-17-30-15-3-2-4-16-30;1-9(2)7-3-4-10(9,8(11)5-7)6-15(12,13)14/h5-14,19,29,31-32H,2-4,15-18H2,1H3;7H,3-6H2,1-2H3,(H,12,13,14)/t29-;7-,10-/m01/s1. The molecule has 0 spiro atoms. The minimum Gasteiger partial charge on any atom is -0.748 e. The first-order chi connectivity index (χ1) is 23.3. The van der Waals surface area contributed by atoms with E-state index in [-0.39, 0.29) is 34.7 Å². The molecule has 4 aliphatic rings. The largest absolute Gasteiger partial charge is 0.748 e. The lowest BCUT2D eigenvalue weighted by atomic mass is 9.70. The van der Waals surface area contributed by atoms with Crippen LogP contribution < -0.4 is 14.4 Å². The predicted molar refractivity (Wildman–Crippen MR) is 187 cm³/mol. The molecule has 0 aromatic heterocycles. The van der Waals surface area contributed by atoms with Crippen molar-refractivity contribution < 1.29 is 42.4 Å². The summed E-state index contributed by atoms with van der Waals surface area (Å²) < 4.78 is 45.2. The van der Waals surface area contributed by atoms with Gasteiger partial charge in [-0.3, -0.25) is 4.79 Å².